The summed E-state index contributed by atoms with van der Waals surface area (Å²) in [6.07, 6.45) is 84.4. The summed E-state index contributed by atoms with van der Waals surface area (Å²) in [5, 5.41) is 0. The Bertz CT molecular complexity index is 1480. The van der Waals surface area contributed by atoms with E-state index in [1.807, 2.05) is 0 Å². The van der Waals surface area contributed by atoms with Crippen molar-refractivity contribution in [2.24, 2.45) is 0 Å². The number of hydrogen-bond acceptors (Lipinski definition) is 6. The van der Waals surface area contributed by atoms with Crippen LogP contribution >= 0.6 is 0 Å². The van der Waals surface area contributed by atoms with Crippen LogP contribution in [0, 0.1) is 0 Å². The van der Waals surface area contributed by atoms with Crippen molar-refractivity contribution in [2.45, 2.75) is 309 Å². The highest BCUT2D eigenvalue weighted by Crippen LogP contribution is 2.16. The zero-order chi connectivity index (χ0) is 54.3. The molecule has 0 aliphatic rings. The van der Waals surface area contributed by atoms with Gasteiger partial charge in [0.15, 0.2) is 6.10 Å². The van der Waals surface area contributed by atoms with Crippen molar-refractivity contribution in [2.75, 3.05) is 13.2 Å². The summed E-state index contributed by atoms with van der Waals surface area (Å²) < 4.78 is 16.8. The van der Waals surface area contributed by atoms with Crippen LogP contribution in [0.5, 0.6) is 0 Å². The fraction of sp³-hybridized carbons (Fsp3) is 0.725. The summed E-state index contributed by atoms with van der Waals surface area (Å²) in [6.45, 7) is 6.47. The van der Waals surface area contributed by atoms with Gasteiger partial charge in [-0.05, 0) is 103 Å². The van der Waals surface area contributed by atoms with E-state index < -0.39 is 6.10 Å². The third-order valence-corrected chi connectivity index (χ3v) is 13.6. The summed E-state index contributed by atoms with van der Waals surface area (Å²) in [5.74, 6) is -0.885. The van der Waals surface area contributed by atoms with E-state index in [0.29, 0.717) is 19.3 Å². The molecule has 0 spiro atoms. The molecule has 0 aromatic heterocycles. The van der Waals surface area contributed by atoms with Gasteiger partial charge in [-0.2, -0.15) is 0 Å². The molecule has 1 atom stereocenters. The Balaban J connectivity index is 4.06. The maximum absolute atomic E-state index is 12.8. The van der Waals surface area contributed by atoms with Gasteiger partial charge in [0.05, 0.1) is 0 Å². The molecule has 0 radical (unpaired) electrons. The van der Waals surface area contributed by atoms with Crippen LogP contribution in [0.2, 0.25) is 0 Å². The van der Waals surface area contributed by atoms with Crippen LogP contribution in [-0.2, 0) is 28.6 Å². The lowest BCUT2D eigenvalue weighted by Gasteiger charge is -2.18. The normalized spacial score (nSPS) is 12.7. The molecule has 0 rings (SSSR count). The second kappa shape index (κ2) is 62.9. The van der Waals surface area contributed by atoms with Crippen LogP contribution < -0.4 is 0 Å². The minimum Gasteiger partial charge on any atom is -0.462 e. The fourth-order valence-electron chi connectivity index (χ4n) is 8.83. The van der Waals surface area contributed by atoms with Gasteiger partial charge in [-0.15, -0.1) is 0 Å². The van der Waals surface area contributed by atoms with E-state index in [4.69, 9.17) is 14.2 Å². The lowest BCUT2D eigenvalue weighted by molar-refractivity contribution is -0.167. The minimum absolute atomic E-state index is 0.0778. The van der Waals surface area contributed by atoms with Crippen LogP contribution in [0.1, 0.15) is 303 Å². The monoisotopic (exact) mass is 1040 g/mol. The van der Waals surface area contributed by atoms with Crippen molar-refractivity contribution in [3.63, 3.8) is 0 Å². The molecule has 0 amide bonds. The van der Waals surface area contributed by atoms with E-state index in [0.717, 1.165) is 109 Å². The molecule has 0 saturated heterocycles. The second-order valence-electron chi connectivity index (χ2n) is 20.9. The summed E-state index contributed by atoms with van der Waals surface area (Å²) in [5.41, 5.74) is 0. The summed E-state index contributed by atoms with van der Waals surface area (Å²) in [7, 11) is 0. The highest BCUT2D eigenvalue weighted by Gasteiger charge is 2.19. The van der Waals surface area contributed by atoms with Gasteiger partial charge >= 0.3 is 17.9 Å². The van der Waals surface area contributed by atoms with Crippen LogP contribution in [0.4, 0.5) is 0 Å². The number of hydrogen-bond donors (Lipinski definition) is 0. The van der Waals surface area contributed by atoms with Crippen molar-refractivity contribution in [1.82, 2.24) is 0 Å². The van der Waals surface area contributed by atoms with Gasteiger partial charge in [0.2, 0.25) is 0 Å². The van der Waals surface area contributed by atoms with Gasteiger partial charge in [-0.3, -0.25) is 14.4 Å². The maximum atomic E-state index is 12.8. The first-order chi connectivity index (χ1) is 37.0. The molecule has 0 aliphatic heterocycles. The number of ether oxygens (including phenoxy) is 3. The Morgan fingerprint density at radius 3 is 0.840 bits per heavy atom. The molecule has 0 aromatic carbocycles. The molecular weight excluding hydrogens is 925 g/mol. The third kappa shape index (κ3) is 61.1. The molecule has 1 unspecified atom stereocenters. The molecule has 0 saturated carbocycles. The Morgan fingerprint density at radius 2 is 0.520 bits per heavy atom. The standard InChI is InChI=1S/C69H118O6/c1-4-7-10-13-16-18-20-22-24-26-27-28-29-30-31-32-33-34-35-36-37-38-39-40-41-43-44-46-48-50-53-56-59-62-68(71)74-65-66(64-73-67(70)61-58-55-52-15-12-9-6-3)75-69(72)63-60-57-54-51-49-47-45-42-25-23-21-19-17-14-11-8-5-2/h7,10,16-19,22-25,27-28,30-31,33-34,66H,4-6,8-9,11-15,20-21,26,29,32,35-65H2,1-3H3/b10-7-,18-16-,19-17-,24-22-,25-23-,28-27-,31-30-,34-33-. The summed E-state index contributed by atoms with van der Waals surface area (Å²) >= 11 is 0. The van der Waals surface area contributed by atoms with Crippen LogP contribution in [0.15, 0.2) is 97.2 Å². The van der Waals surface area contributed by atoms with Crippen molar-refractivity contribution < 1.29 is 28.6 Å². The van der Waals surface area contributed by atoms with E-state index in [1.165, 1.54) is 154 Å². The van der Waals surface area contributed by atoms with Crippen molar-refractivity contribution in [3.05, 3.63) is 97.2 Å². The first kappa shape index (κ1) is 71.3. The third-order valence-electron chi connectivity index (χ3n) is 13.6. The summed E-state index contributed by atoms with van der Waals surface area (Å²) in [6, 6.07) is 0. The number of esters is 3. The molecular formula is C69H118O6. The number of rotatable bonds is 57. The van der Waals surface area contributed by atoms with Gasteiger partial charge in [-0.1, -0.05) is 279 Å². The molecule has 430 valence electrons. The van der Waals surface area contributed by atoms with Gasteiger partial charge in [0.25, 0.3) is 0 Å². The van der Waals surface area contributed by atoms with E-state index >= 15 is 0 Å². The Morgan fingerprint density at radius 1 is 0.280 bits per heavy atom. The lowest BCUT2D eigenvalue weighted by Crippen LogP contribution is -2.30. The van der Waals surface area contributed by atoms with E-state index in [2.05, 4.69) is 118 Å². The van der Waals surface area contributed by atoms with Gasteiger partial charge < -0.3 is 14.2 Å². The van der Waals surface area contributed by atoms with Gasteiger partial charge in [-0.25, -0.2) is 0 Å². The highest BCUT2D eigenvalue weighted by molar-refractivity contribution is 5.71. The number of carbonyl (C=O) groups excluding carboxylic acids is 3. The largest absolute Gasteiger partial charge is 0.462 e. The molecule has 0 bridgehead atoms. The van der Waals surface area contributed by atoms with E-state index in [1.54, 1.807) is 0 Å². The van der Waals surface area contributed by atoms with Crippen LogP contribution in [-0.4, -0.2) is 37.2 Å². The van der Waals surface area contributed by atoms with Gasteiger partial charge in [0, 0.05) is 19.3 Å². The molecule has 6 heteroatoms. The minimum atomic E-state index is -0.778. The predicted molar refractivity (Wildman–Crippen MR) is 325 cm³/mol. The SMILES string of the molecule is CC/C=C\C/C=C\C/C=C\C/C=C\C/C=C\C/C=C\CCCCCCCCCCCCCCCCC(=O)OCC(COC(=O)CCCCCCCCC)OC(=O)CCCCCCCCC/C=C\C/C=C\CCCCC. The Kier molecular flexibility index (Phi) is 59.8. The molecule has 0 aromatic rings. The number of allylic oxidation sites excluding steroid dienone is 16. The van der Waals surface area contributed by atoms with Crippen LogP contribution in [0.3, 0.4) is 0 Å². The first-order valence-corrected chi connectivity index (χ1v) is 31.7. The molecule has 75 heavy (non-hydrogen) atoms. The molecule has 6 nitrogen and oxygen atoms in total. The average Bonchev–Trinajstić information content (AvgIpc) is 3.41. The molecule has 0 fully saturated rings. The smallest absolute Gasteiger partial charge is 0.306 e. The molecule has 0 N–H and O–H groups in total. The molecule has 0 heterocycles. The quantitative estimate of drug-likeness (QED) is 0.0261. The van der Waals surface area contributed by atoms with Crippen molar-refractivity contribution in [1.29, 1.82) is 0 Å². The zero-order valence-corrected chi connectivity index (χ0v) is 49.3. The average molecular weight is 1040 g/mol. The number of carbonyl (C=O) groups is 3. The highest BCUT2D eigenvalue weighted by atomic mass is 16.6. The summed E-state index contributed by atoms with van der Waals surface area (Å²) in [4.78, 5) is 38.0. The predicted octanol–water partition coefficient (Wildman–Crippen LogP) is 21.7. The maximum Gasteiger partial charge on any atom is 0.306 e. The number of unbranched alkanes of at least 4 members (excludes halogenated alkanes) is 30. The van der Waals surface area contributed by atoms with E-state index in [9.17, 15) is 14.4 Å². The Hall–Kier alpha value is -3.67. The van der Waals surface area contributed by atoms with Gasteiger partial charge in [0.1, 0.15) is 13.2 Å². The lowest BCUT2D eigenvalue weighted by atomic mass is 10.0. The van der Waals surface area contributed by atoms with Crippen molar-refractivity contribution in [3.8, 4) is 0 Å². The topological polar surface area (TPSA) is 78.9 Å². The van der Waals surface area contributed by atoms with Crippen molar-refractivity contribution >= 4 is 17.9 Å². The molecule has 0 aliphatic carbocycles. The Labute approximate surface area is 464 Å². The van der Waals surface area contributed by atoms with Crippen LogP contribution in [0.25, 0.3) is 0 Å². The second-order valence-corrected chi connectivity index (χ2v) is 20.9. The van der Waals surface area contributed by atoms with E-state index in [-0.39, 0.29) is 31.1 Å². The first-order valence-electron chi connectivity index (χ1n) is 31.7. The zero-order valence-electron chi connectivity index (χ0n) is 49.3. The fourth-order valence-corrected chi connectivity index (χ4v) is 8.83.